The van der Waals surface area contributed by atoms with Crippen molar-refractivity contribution >= 4 is 6.09 Å². The van der Waals surface area contributed by atoms with Crippen molar-refractivity contribution < 1.29 is 15.0 Å². The van der Waals surface area contributed by atoms with Gasteiger partial charge >= 0.3 is 6.09 Å². The van der Waals surface area contributed by atoms with Crippen molar-refractivity contribution in [2.45, 2.75) is 19.1 Å². The number of nitrogens with one attached hydrogen (secondary N) is 1. The maximum atomic E-state index is 10.3. The van der Waals surface area contributed by atoms with Crippen LogP contribution in [0.25, 0.3) is 0 Å². The maximum Gasteiger partial charge on any atom is 0.404 e. The molecule has 1 heterocycles. The van der Waals surface area contributed by atoms with E-state index in [0.29, 0.717) is 0 Å². The zero-order valence-electron chi connectivity index (χ0n) is 7.75. The third kappa shape index (κ3) is 2.16. The van der Waals surface area contributed by atoms with Crippen LogP contribution in [0.4, 0.5) is 4.79 Å². The van der Waals surface area contributed by atoms with Crippen molar-refractivity contribution in [3.05, 3.63) is 5.82 Å². The quantitative estimate of drug-likeness (QED) is 0.572. The van der Waals surface area contributed by atoms with E-state index in [4.69, 9.17) is 5.11 Å². The molecule has 0 aromatic carbocycles. The number of carboxylic acid groups (broad SMARTS) is 1. The van der Waals surface area contributed by atoms with Crippen LogP contribution in [0.5, 0.6) is 0 Å². The van der Waals surface area contributed by atoms with Crippen molar-refractivity contribution in [3.8, 4) is 0 Å². The first-order chi connectivity index (χ1) is 6.52. The normalized spacial score (nSPS) is 14.8. The minimum atomic E-state index is -1.20. The highest BCUT2D eigenvalue weighted by molar-refractivity contribution is 5.64. The van der Waals surface area contributed by atoms with Gasteiger partial charge in [-0.2, -0.15) is 0 Å². The number of hydrogen-bond donors (Lipinski definition) is 3. The lowest BCUT2D eigenvalue weighted by Crippen LogP contribution is -2.36. The molecule has 0 saturated heterocycles. The number of carbonyl (C=O) groups is 1. The van der Waals surface area contributed by atoms with Crippen molar-refractivity contribution in [2.75, 3.05) is 0 Å². The molecule has 0 fully saturated rings. The molecule has 0 bridgehead atoms. The molecule has 8 heteroatoms. The average molecular weight is 201 g/mol. The zero-order chi connectivity index (χ0) is 10.7. The van der Waals surface area contributed by atoms with Gasteiger partial charge in [-0.05, 0) is 17.4 Å². The first-order valence-corrected chi connectivity index (χ1v) is 3.92. The van der Waals surface area contributed by atoms with Crippen molar-refractivity contribution in [3.63, 3.8) is 0 Å². The third-order valence-corrected chi connectivity index (χ3v) is 1.74. The summed E-state index contributed by atoms with van der Waals surface area (Å²) in [6.45, 7) is 1.52. The van der Waals surface area contributed by atoms with E-state index in [0.717, 1.165) is 0 Å². The van der Waals surface area contributed by atoms with Crippen LogP contribution in [0.1, 0.15) is 18.9 Å². The van der Waals surface area contributed by atoms with Crippen LogP contribution in [0, 0.1) is 0 Å². The molecule has 0 saturated carbocycles. The second-order valence-corrected chi connectivity index (χ2v) is 2.84. The predicted octanol–water partition coefficient (Wildman–Crippen LogP) is -1.10. The van der Waals surface area contributed by atoms with Gasteiger partial charge in [-0.1, -0.05) is 0 Å². The molecule has 0 spiro atoms. The van der Waals surface area contributed by atoms with Gasteiger partial charge in [0.05, 0.1) is 6.04 Å². The summed E-state index contributed by atoms with van der Waals surface area (Å²) in [5.41, 5.74) is 0. The second kappa shape index (κ2) is 4.01. The van der Waals surface area contributed by atoms with Crippen LogP contribution in [0.3, 0.4) is 0 Å². The molecule has 3 N–H and O–H groups in total. The summed E-state index contributed by atoms with van der Waals surface area (Å²) in [5.74, 6) is 0.214. The topological polar surface area (TPSA) is 113 Å². The van der Waals surface area contributed by atoms with E-state index in [1.165, 1.54) is 11.6 Å². The highest BCUT2D eigenvalue weighted by Crippen LogP contribution is 2.11. The number of hydrogen-bond acceptors (Lipinski definition) is 5. The fourth-order valence-corrected chi connectivity index (χ4v) is 0.984. The van der Waals surface area contributed by atoms with E-state index in [1.807, 2.05) is 0 Å². The smallest absolute Gasteiger partial charge is 0.404 e. The van der Waals surface area contributed by atoms with Gasteiger partial charge < -0.3 is 15.5 Å². The lowest BCUT2D eigenvalue weighted by atomic mass is 10.2. The summed E-state index contributed by atoms with van der Waals surface area (Å²) in [7, 11) is 1.56. The Morgan fingerprint density at radius 1 is 1.64 bits per heavy atom. The average Bonchev–Trinajstić information content (AvgIpc) is 2.48. The Labute approximate surface area is 79.5 Å². The molecule has 0 aliphatic carbocycles. The summed E-state index contributed by atoms with van der Waals surface area (Å²) >= 11 is 0. The van der Waals surface area contributed by atoms with Crippen molar-refractivity contribution in [1.82, 2.24) is 25.5 Å². The minimum Gasteiger partial charge on any atom is -0.465 e. The third-order valence-electron chi connectivity index (χ3n) is 1.74. The summed E-state index contributed by atoms with van der Waals surface area (Å²) < 4.78 is 1.28. The molecule has 1 aromatic heterocycles. The van der Waals surface area contributed by atoms with Gasteiger partial charge in [0.25, 0.3) is 0 Å². The molecule has 2 atom stereocenters. The molecule has 1 rings (SSSR count). The lowest BCUT2D eigenvalue weighted by molar-refractivity contribution is 0.116. The Morgan fingerprint density at radius 2 is 2.29 bits per heavy atom. The molecular weight excluding hydrogens is 190 g/mol. The fourth-order valence-electron chi connectivity index (χ4n) is 0.984. The van der Waals surface area contributed by atoms with E-state index in [2.05, 4.69) is 20.8 Å². The maximum absolute atomic E-state index is 10.3. The number of nitrogens with zero attached hydrogens (tertiary/aromatic N) is 4. The van der Waals surface area contributed by atoms with Crippen LogP contribution in [-0.2, 0) is 7.05 Å². The summed E-state index contributed by atoms with van der Waals surface area (Å²) in [6, 6.07) is -0.669. The number of amides is 1. The van der Waals surface area contributed by atoms with Crippen LogP contribution in [0.15, 0.2) is 0 Å². The monoisotopic (exact) mass is 201 g/mol. The number of aromatic nitrogens is 4. The number of rotatable bonds is 3. The van der Waals surface area contributed by atoms with Crippen LogP contribution in [-0.4, -0.2) is 42.6 Å². The molecule has 0 radical (unpaired) electrons. The van der Waals surface area contributed by atoms with Crippen molar-refractivity contribution in [1.29, 1.82) is 0 Å². The molecule has 14 heavy (non-hydrogen) atoms. The number of aliphatic hydroxyl groups excluding tert-OH is 1. The first kappa shape index (κ1) is 10.4. The Morgan fingerprint density at radius 3 is 2.71 bits per heavy atom. The molecule has 1 aromatic rings. The Balaban J connectivity index is 2.70. The van der Waals surface area contributed by atoms with Gasteiger partial charge in [0.15, 0.2) is 5.82 Å². The molecule has 1 amide bonds. The molecule has 0 aliphatic heterocycles. The number of tetrazole rings is 1. The molecule has 0 unspecified atom stereocenters. The largest absolute Gasteiger partial charge is 0.465 e. The molecule has 8 nitrogen and oxygen atoms in total. The lowest BCUT2D eigenvalue weighted by Gasteiger charge is -2.16. The fraction of sp³-hybridized carbons (Fsp3) is 0.667. The Bertz CT molecular complexity index is 325. The summed E-state index contributed by atoms with van der Waals surface area (Å²) in [5, 5.41) is 30.6. The minimum absolute atomic E-state index is 0.214. The second-order valence-electron chi connectivity index (χ2n) is 2.84. The van der Waals surface area contributed by atoms with E-state index < -0.39 is 18.2 Å². The molecular formula is C6H11N5O3. The van der Waals surface area contributed by atoms with Gasteiger partial charge in [0.2, 0.25) is 0 Å². The highest BCUT2D eigenvalue weighted by atomic mass is 16.4. The van der Waals surface area contributed by atoms with E-state index in [9.17, 15) is 9.90 Å². The molecule has 0 aliphatic rings. The van der Waals surface area contributed by atoms with E-state index in [1.54, 1.807) is 7.05 Å². The Hall–Kier alpha value is -1.70. The van der Waals surface area contributed by atoms with Gasteiger partial charge in [0.1, 0.15) is 6.10 Å². The highest BCUT2D eigenvalue weighted by Gasteiger charge is 2.22. The zero-order valence-corrected chi connectivity index (χ0v) is 7.75. The van der Waals surface area contributed by atoms with Gasteiger partial charge in [-0.15, -0.1) is 5.10 Å². The first-order valence-electron chi connectivity index (χ1n) is 3.92. The van der Waals surface area contributed by atoms with Crippen LogP contribution in [0.2, 0.25) is 0 Å². The van der Waals surface area contributed by atoms with E-state index in [-0.39, 0.29) is 5.82 Å². The van der Waals surface area contributed by atoms with Gasteiger partial charge in [-0.25, -0.2) is 9.48 Å². The summed E-state index contributed by atoms with van der Waals surface area (Å²) in [6.07, 6.45) is -2.27. The van der Waals surface area contributed by atoms with Gasteiger partial charge in [0, 0.05) is 7.05 Å². The van der Waals surface area contributed by atoms with Gasteiger partial charge in [-0.3, -0.25) is 0 Å². The Kier molecular flexibility index (Phi) is 2.97. The number of aliphatic hydroxyl groups is 1. The van der Waals surface area contributed by atoms with Crippen LogP contribution >= 0.6 is 0 Å². The van der Waals surface area contributed by atoms with E-state index >= 15 is 0 Å². The van der Waals surface area contributed by atoms with Crippen LogP contribution < -0.4 is 5.32 Å². The standard InChI is InChI=1S/C6H11N5O3/c1-3(7-6(13)14)4(12)5-8-9-10-11(5)2/h3-4,7,12H,1-2H3,(H,13,14)/t3-,4-/m0/s1. The SMILES string of the molecule is C[C@H](NC(=O)O)[C@H](O)c1nnnn1C. The molecule has 78 valence electrons. The van der Waals surface area contributed by atoms with Crippen molar-refractivity contribution in [2.24, 2.45) is 7.05 Å². The predicted molar refractivity (Wildman–Crippen MR) is 44.4 cm³/mol. The number of aryl methyl sites for hydroxylation is 1. The summed E-state index contributed by atoms with van der Waals surface area (Å²) in [4.78, 5) is 10.3.